The number of likely N-dealkylation sites (tertiary alicyclic amines) is 1. The van der Waals surface area contributed by atoms with Gasteiger partial charge in [0.15, 0.2) is 0 Å². The summed E-state index contributed by atoms with van der Waals surface area (Å²) in [6.45, 7) is 13.3. The summed E-state index contributed by atoms with van der Waals surface area (Å²) in [6.07, 6.45) is 5.77. The summed E-state index contributed by atoms with van der Waals surface area (Å²) < 4.78 is 0. The Balaban J connectivity index is 0.000000637. The third-order valence-electron chi connectivity index (χ3n) is 4.82. The van der Waals surface area contributed by atoms with Crippen molar-refractivity contribution < 1.29 is 0 Å². The Bertz CT molecular complexity index is 236. The molecule has 0 aromatic carbocycles. The lowest BCUT2D eigenvalue weighted by Gasteiger charge is -2.42. The fourth-order valence-corrected chi connectivity index (χ4v) is 3.34. The Hall–Kier alpha value is -0.120. The number of rotatable bonds is 3. The van der Waals surface area contributed by atoms with Crippen LogP contribution < -0.4 is 0 Å². The molecule has 0 unspecified atom stereocenters. The smallest absolute Gasteiger partial charge is 0.0121 e. The van der Waals surface area contributed by atoms with Gasteiger partial charge in [-0.25, -0.2) is 0 Å². The molecule has 0 bridgehead atoms. The van der Waals surface area contributed by atoms with Gasteiger partial charge < -0.3 is 9.80 Å². The summed E-state index contributed by atoms with van der Waals surface area (Å²) in [4.78, 5) is 7.93. The molecule has 112 valence electrons. The fraction of sp³-hybridized carbons (Fsp3) is 1.00. The van der Waals surface area contributed by atoms with Crippen molar-refractivity contribution >= 4 is 0 Å². The molecule has 3 heteroatoms. The molecule has 3 fully saturated rings. The summed E-state index contributed by atoms with van der Waals surface area (Å²) >= 11 is 0. The molecule has 3 rings (SSSR count). The Morgan fingerprint density at radius 3 is 1.89 bits per heavy atom. The van der Waals surface area contributed by atoms with E-state index in [2.05, 4.69) is 21.7 Å². The molecular weight excluding hydrogens is 234 g/mol. The lowest BCUT2D eigenvalue weighted by molar-refractivity contribution is 0.0630. The first-order valence-electron chi connectivity index (χ1n) is 8.46. The van der Waals surface area contributed by atoms with Crippen molar-refractivity contribution in [2.45, 2.75) is 45.6 Å². The maximum atomic E-state index is 2.76. The normalized spacial score (nSPS) is 27.9. The Kier molecular flexibility index (Phi) is 6.11. The summed E-state index contributed by atoms with van der Waals surface area (Å²) in [5, 5.41) is 0. The maximum absolute atomic E-state index is 2.76. The van der Waals surface area contributed by atoms with Crippen LogP contribution in [0.4, 0.5) is 0 Å². The number of hydrogen-bond acceptors (Lipinski definition) is 3. The topological polar surface area (TPSA) is 9.72 Å². The number of piperazine rings is 1. The zero-order valence-corrected chi connectivity index (χ0v) is 13.3. The van der Waals surface area contributed by atoms with Gasteiger partial charge in [0.2, 0.25) is 0 Å². The maximum Gasteiger partial charge on any atom is 0.0121 e. The van der Waals surface area contributed by atoms with E-state index in [1.807, 2.05) is 13.8 Å². The van der Waals surface area contributed by atoms with Crippen LogP contribution >= 0.6 is 0 Å². The Morgan fingerprint density at radius 1 is 0.789 bits per heavy atom. The summed E-state index contributed by atoms with van der Waals surface area (Å²) in [5.74, 6) is 1.06. The predicted molar refractivity (Wildman–Crippen MR) is 82.6 cm³/mol. The molecule has 3 nitrogen and oxygen atoms in total. The first-order chi connectivity index (χ1) is 9.31. The second kappa shape index (κ2) is 7.61. The molecule has 0 aromatic rings. The average Bonchev–Trinajstić information content (AvgIpc) is 3.27. The minimum Gasteiger partial charge on any atom is -0.306 e. The first kappa shape index (κ1) is 15.3. The molecule has 2 heterocycles. The van der Waals surface area contributed by atoms with E-state index in [1.54, 1.807) is 0 Å². The van der Waals surface area contributed by atoms with Crippen LogP contribution in [0.2, 0.25) is 0 Å². The van der Waals surface area contributed by atoms with E-state index in [4.69, 9.17) is 0 Å². The average molecular weight is 267 g/mol. The van der Waals surface area contributed by atoms with Crippen LogP contribution in [0, 0.1) is 5.92 Å². The molecule has 0 aromatic heterocycles. The van der Waals surface area contributed by atoms with Crippen LogP contribution in [0.1, 0.15) is 39.5 Å². The van der Waals surface area contributed by atoms with E-state index in [0.717, 1.165) is 12.0 Å². The van der Waals surface area contributed by atoms with Crippen LogP contribution in [0.5, 0.6) is 0 Å². The quantitative estimate of drug-likeness (QED) is 0.776. The van der Waals surface area contributed by atoms with Gasteiger partial charge in [-0.05, 0) is 51.7 Å². The molecule has 0 N–H and O–H groups in total. The summed E-state index contributed by atoms with van der Waals surface area (Å²) in [5.41, 5.74) is 0. The van der Waals surface area contributed by atoms with Crippen LogP contribution in [0.25, 0.3) is 0 Å². The van der Waals surface area contributed by atoms with Crippen molar-refractivity contribution in [1.82, 2.24) is 14.7 Å². The third kappa shape index (κ3) is 4.73. The second-order valence-corrected chi connectivity index (χ2v) is 6.31. The van der Waals surface area contributed by atoms with E-state index >= 15 is 0 Å². The highest BCUT2D eigenvalue weighted by atomic mass is 15.3. The molecule has 2 saturated heterocycles. The van der Waals surface area contributed by atoms with Gasteiger partial charge in [-0.15, -0.1) is 0 Å². The molecule has 0 atom stereocenters. The Morgan fingerprint density at radius 2 is 1.37 bits per heavy atom. The first-order valence-corrected chi connectivity index (χ1v) is 8.46. The molecular formula is C16H33N3. The largest absolute Gasteiger partial charge is 0.306 e. The minimum atomic E-state index is 0.884. The fourth-order valence-electron chi connectivity index (χ4n) is 3.34. The van der Waals surface area contributed by atoms with E-state index in [9.17, 15) is 0 Å². The zero-order chi connectivity index (χ0) is 13.7. The van der Waals surface area contributed by atoms with Gasteiger partial charge in [0, 0.05) is 38.8 Å². The molecule has 1 saturated carbocycles. The number of nitrogens with zero attached hydrogens (tertiary/aromatic N) is 3. The number of piperidine rings is 1. The molecule has 0 amide bonds. The molecule has 0 spiro atoms. The van der Waals surface area contributed by atoms with Gasteiger partial charge in [-0.2, -0.15) is 0 Å². The van der Waals surface area contributed by atoms with Crippen LogP contribution in [0.3, 0.4) is 0 Å². The van der Waals surface area contributed by atoms with Crippen molar-refractivity contribution in [1.29, 1.82) is 0 Å². The van der Waals surface area contributed by atoms with E-state index < -0.39 is 0 Å². The van der Waals surface area contributed by atoms with Crippen LogP contribution in [0.15, 0.2) is 0 Å². The van der Waals surface area contributed by atoms with Crippen molar-refractivity contribution in [2.75, 3.05) is 52.9 Å². The van der Waals surface area contributed by atoms with Crippen LogP contribution in [-0.2, 0) is 0 Å². The highest BCUT2D eigenvalue weighted by molar-refractivity contribution is 4.85. The van der Waals surface area contributed by atoms with E-state index in [0.29, 0.717) is 0 Å². The monoisotopic (exact) mass is 267 g/mol. The lowest BCUT2D eigenvalue weighted by atomic mass is 10.0. The highest BCUT2D eigenvalue weighted by Gasteiger charge is 2.29. The van der Waals surface area contributed by atoms with E-state index in [-0.39, 0.29) is 0 Å². The molecule has 2 aliphatic heterocycles. The number of hydrogen-bond donors (Lipinski definition) is 0. The van der Waals surface area contributed by atoms with Crippen molar-refractivity contribution in [3.05, 3.63) is 0 Å². The van der Waals surface area contributed by atoms with Crippen molar-refractivity contribution in [3.8, 4) is 0 Å². The standard InChI is InChI=1S/C14H27N3.C2H6/c1-15-6-4-14(5-7-15)17-10-8-16(9-11-17)12-13-2-3-13;1-2/h13-14H,2-12H2,1H3;1-2H3. The second-order valence-electron chi connectivity index (χ2n) is 6.31. The molecule has 1 aliphatic carbocycles. The molecule has 0 radical (unpaired) electrons. The molecule has 19 heavy (non-hydrogen) atoms. The predicted octanol–water partition coefficient (Wildman–Crippen LogP) is 2.13. The van der Waals surface area contributed by atoms with Gasteiger partial charge in [-0.3, -0.25) is 4.90 Å². The summed E-state index contributed by atoms with van der Waals surface area (Å²) in [6, 6.07) is 0.884. The van der Waals surface area contributed by atoms with Crippen molar-refractivity contribution in [3.63, 3.8) is 0 Å². The van der Waals surface area contributed by atoms with Crippen LogP contribution in [-0.4, -0.2) is 73.6 Å². The third-order valence-corrected chi connectivity index (χ3v) is 4.82. The van der Waals surface area contributed by atoms with Gasteiger partial charge >= 0.3 is 0 Å². The van der Waals surface area contributed by atoms with Gasteiger partial charge in [0.25, 0.3) is 0 Å². The highest BCUT2D eigenvalue weighted by Crippen LogP contribution is 2.30. The van der Waals surface area contributed by atoms with E-state index in [1.165, 1.54) is 71.5 Å². The molecule has 3 aliphatic rings. The summed E-state index contributed by atoms with van der Waals surface area (Å²) in [7, 11) is 2.25. The van der Waals surface area contributed by atoms with Gasteiger partial charge in [0.05, 0.1) is 0 Å². The van der Waals surface area contributed by atoms with Gasteiger partial charge in [-0.1, -0.05) is 13.8 Å². The SMILES string of the molecule is CC.CN1CCC(N2CCN(CC3CC3)CC2)CC1. The van der Waals surface area contributed by atoms with Crippen molar-refractivity contribution in [2.24, 2.45) is 5.92 Å². The zero-order valence-electron chi connectivity index (χ0n) is 13.3. The lowest BCUT2D eigenvalue weighted by Crippen LogP contribution is -2.53. The van der Waals surface area contributed by atoms with Gasteiger partial charge in [0.1, 0.15) is 0 Å². The Labute approximate surface area is 119 Å². The minimum absolute atomic E-state index is 0.884.